The van der Waals surface area contributed by atoms with E-state index in [9.17, 15) is 4.79 Å². The van der Waals surface area contributed by atoms with Gasteiger partial charge in [0.2, 0.25) is 5.91 Å². The van der Waals surface area contributed by atoms with Crippen molar-refractivity contribution in [1.29, 1.82) is 0 Å². The third-order valence-electron chi connectivity index (χ3n) is 2.18. The predicted octanol–water partition coefficient (Wildman–Crippen LogP) is -0.243. The van der Waals surface area contributed by atoms with Gasteiger partial charge >= 0.3 is 0 Å². The zero-order valence-corrected chi connectivity index (χ0v) is 7.32. The quantitative estimate of drug-likeness (QED) is 0.614. The molecule has 1 amide bonds. The standard InChI is InChI=1S/C8H16N2O2/c1-2-7(8(10)11)12-6-3-5(9)4-6/h5-7H,2-4,9H2,1H3,(H2,10,11). The Morgan fingerprint density at radius 3 is 2.58 bits per heavy atom. The molecule has 1 atom stereocenters. The van der Waals surface area contributed by atoms with Crippen molar-refractivity contribution < 1.29 is 9.53 Å². The Morgan fingerprint density at radius 1 is 1.67 bits per heavy atom. The molecule has 0 saturated heterocycles. The van der Waals surface area contributed by atoms with Crippen molar-refractivity contribution in [2.24, 2.45) is 11.5 Å². The van der Waals surface area contributed by atoms with E-state index in [-0.39, 0.29) is 18.1 Å². The molecule has 4 nitrogen and oxygen atoms in total. The van der Waals surface area contributed by atoms with Gasteiger partial charge in [-0.3, -0.25) is 4.79 Å². The van der Waals surface area contributed by atoms with Crippen molar-refractivity contribution in [3.8, 4) is 0 Å². The number of carbonyl (C=O) groups is 1. The molecule has 1 aliphatic carbocycles. The first-order valence-electron chi connectivity index (χ1n) is 4.33. The van der Waals surface area contributed by atoms with Gasteiger partial charge < -0.3 is 16.2 Å². The Hall–Kier alpha value is -0.610. The molecule has 0 aliphatic heterocycles. The first kappa shape index (κ1) is 9.48. The highest BCUT2D eigenvalue weighted by Gasteiger charge is 2.30. The van der Waals surface area contributed by atoms with Crippen LogP contribution in [0.3, 0.4) is 0 Å². The van der Waals surface area contributed by atoms with E-state index in [4.69, 9.17) is 16.2 Å². The zero-order valence-electron chi connectivity index (χ0n) is 7.32. The summed E-state index contributed by atoms with van der Waals surface area (Å²) in [5.41, 5.74) is 10.7. The fourth-order valence-corrected chi connectivity index (χ4v) is 1.31. The van der Waals surface area contributed by atoms with E-state index in [1.54, 1.807) is 0 Å². The van der Waals surface area contributed by atoms with E-state index in [1.807, 2.05) is 6.92 Å². The molecule has 4 heteroatoms. The van der Waals surface area contributed by atoms with Gasteiger partial charge in [-0.05, 0) is 19.3 Å². The van der Waals surface area contributed by atoms with Crippen LogP contribution in [0.5, 0.6) is 0 Å². The van der Waals surface area contributed by atoms with Gasteiger partial charge in [0, 0.05) is 6.04 Å². The number of primary amides is 1. The summed E-state index contributed by atoms with van der Waals surface area (Å²) in [7, 11) is 0. The summed E-state index contributed by atoms with van der Waals surface area (Å²) in [6.45, 7) is 1.88. The molecule has 0 aromatic carbocycles. The molecule has 1 rings (SSSR count). The fraction of sp³-hybridized carbons (Fsp3) is 0.875. The minimum atomic E-state index is -0.428. The van der Waals surface area contributed by atoms with Gasteiger partial charge in [-0.2, -0.15) is 0 Å². The van der Waals surface area contributed by atoms with Crippen molar-refractivity contribution in [2.75, 3.05) is 0 Å². The van der Waals surface area contributed by atoms with Gasteiger partial charge in [-0.1, -0.05) is 6.92 Å². The maximum Gasteiger partial charge on any atom is 0.246 e. The van der Waals surface area contributed by atoms with Crippen molar-refractivity contribution in [2.45, 2.75) is 44.4 Å². The second kappa shape index (κ2) is 3.87. The van der Waals surface area contributed by atoms with Crippen LogP contribution in [0, 0.1) is 0 Å². The molecule has 0 aromatic heterocycles. The molecular weight excluding hydrogens is 156 g/mol. The predicted molar refractivity (Wildman–Crippen MR) is 45.4 cm³/mol. The van der Waals surface area contributed by atoms with Gasteiger partial charge in [-0.25, -0.2) is 0 Å². The molecule has 1 unspecified atom stereocenters. The number of rotatable bonds is 4. The van der Waals surface area contributed by atoms with Crippen molar-refractivity contribution in [3.63, 3.8) is 0 Å². The largest absolute Gasteiger partial charge is 0.367 e. The van der Waals surface area contributed by atoms with E-state index >= 15 is 0 Å². The summed E-state index contributed by atoms with van der Waals surface area (Å²) >= 11 is 0. The Morgan fingerprint density at radius 2 is 2.25 bits per heavy atom. The van der Waals surface area contributed by atoms with Crippen molar-refractivity contribution >= 4 is 5.91 Å². The molecule has 0 aromatic rings. The number of hydrogen-bond donors (Lipinski definition) is 2. The molecule has 12 heavy (non-hydrogen) atoms. The smallest absolute Gasteiger partial charge is 0.246 e. The molecule has 0 heterocycles. The normalized spacial score (nSPS) is 30.8. The first-order valence-corrected chi connectivity index (χ1v) is 4.33. The minimum Gasteiger partial charge on any atom is -0.367 e. The van der Waals surface area contributed by atoms with Crippen LogP contribution in [0.15, 0.2) is 0 Å². The highest BCUT2D eigenvalue weighted by Crippen LogP contribution is 2.23. The summed E-state index contributed by atoms with van der Waals surface area (Å²) in [5, 5.41) is 0. The average Bonchev–Trinajstić information content (AvgIpc) is 1.95. The van der Waals surface area contributed by atoms with Crippen LogP contribution in [0.25, 0.3) is 0 Å². The van der Waals surface area contributed by atoms with Gasteiger partial charge in [0.05, 0.1) is 6.10 Å². The Labute approximate surface area is 72.2 Å². The van der Waals surface area contributed by atoms with Crippen LogP contribution in [0.2, 0.25) is 0 Å². The van der Waals surface area contributed by atoms with Crippen LogP contribution in [0.4, 0.5) is 0 Å². The lowest BCUT2D eigenvalue weighted by atomic mass is 9.90. The Kier molecular flexibility index (Phi) is 3.05. The van der Waals surface area contributed by atoms with Crippen molar-refractivity contribution in [3.05, 3.63) is 0 Å². The summed E-state index contributed by atoms with van der Waals surface area (Å²) < 4.78 is 5.41. The zero-order chi connectivity index (χ0) is 9.14. The third-order valence-corrected chi connectivity index (χ3v) is 2.18. The highest BCUT2D eigenvalue weighted by molar-refractivity contribution is 5.78. The van der Waals surface area contributed by atoms with Gasteiger partial charge in [-0.15, -0.1) is 0 Å². The van der Waals surface area contributed by atoms with Gasteiger partial charge in [0.1, 0.15) is 6.10 Å². The maximum atomic E-state index is 10.8. The van der Waals surface area contributed by atoms with Crippen LogP contribution in [-0.2, 0) is 9.53 Å². The molecule has 4 N–H and O–H groups in total. The number of nitrogens with two attached hydrogens (primary N) is 2. The summed E-state index contributed by atoms with van der Waals surface area (Å²) in [5.74, 6) is -0.377. The minimum absolute atomic E-state index is 0.150. The molecule has 1 saturated carbocycles. The van der Waals surface area contributed by atoms with E-state index in [0.717, 1.165) is 12.8 Å². The fourth-order valence-electron chi connectivity index (χ4n) is 1.31. The van der Waals surface area contributed by atoms with Gasteiger partial charge in [0.25, 0.3) is 0 Å². The highest BCUT2D eigenvalue weighted by atomic mass is 16.5. The van der Waals surface area contributed by atoms with E-state index in [1.165, 1.54) is 0 Å². The van der Waals surface area contributed by atoms with E-state index < -0.39 is 6.10 Å². The number of hydrogen-bond acceptors (Lipinski definition) is 3. The number of ether oxygens (including phenoxy) is 1. The summed E-state index contributed by atoms with van der Waals surface area (Å²) in [6.07, 6.45) is 2.06. The van der Waals surface area contributed by atoms with Crippen LogP contribution in [0.1, 0.15) is 26.2 Å². The SMILES string of the molecule is CCC(OC1CC(N)C1)C(N)=O. The maximum absolute atomic E-state index is 10.8. The average molecular weight is 172 g/mol. The third kappa shape index (κ3) is 2.19. The van der Waals surface area contributed by atoms with Gasteiger partial charge in [0.15, 0.2) is 0 Å². The topological polar surface area (TPSA) is 78.3 Å². The first-order chi connectivity index (χ1) is 5.63. The van der Waals surface area contributed by atoms with E-state index in [2.05, 4.69) is 0 Å². The summed E-state index contributed by atoms with van der Waals surface area (Å²) in [6, 6.07) is 0.250. The molecule has 0 radical (unpaired) electrons. The lowest BCUT2D eigenvalue weighted by Gasteiger charge is -2.34. The van der Waals surface area contributed by atoms with Crippen LogP contribution < -0.4 is 11.5 Å². The van der Waals surface area contributed by atoms with Crippen LogP contribution >= 0.6 is 0 Å². The molecule has 1 fully saturated rings. The lowest BCUT2D eigenvalue weighted by Crippen LogP contribution is -2.45. The monoisotopic (exact) mass is 172 g/mol. The van der Waals surface area contributed by atoms with Crippen molar-refractivity contribution in [1.82, 2.24) is 0 Å². The molecular formula is C8H16N2O2. The van der Waals surface area contributed by atoms with E-state index in [0.29, 0.717) is 6.42 Å². The van der Waals surface area contributed by atoms with Crippen LogP contribution in [-0.4, -0.2) is 24.2 Å². The molecule has 1 aliphatic rings. The Balaban J connectivity index is 2.24. The lowest BCUT2D eigenvalue weighted by molar-refractivity contribution is -0.138. The molecule has 0 bridgehead atoms. The molecule has 70 valence electrons. The second-order valence-electron chi connectivity index (χ2n) is 3.29. The molecule has 0 spiro atoms. The summed E-state index contributed by atoms with van der Waals surface area (Å²) in [4.78, 5) is 10.8. The number of carbonyl (C=O) groups excluding carboxylic acids is 1. The Bertz CT molecular complexity index is 166. The number of amides is 1. The second-order valence-corrected chi connectivity index (χ2v) is 3.29.